The van der Waals surface area contributed by atoms with Crippen molar-refractivity contribution in [2.45, 2.75) is 18.9 Å². The maximum absolute atomic E-state index is 11.1. The monoisotopic (exact) mass is 235 g/mol. The molecule has 1 aromatic rings. The number of carboxylic acid groups (broad SMARTS) is 2. The van der Waals surface area contributed by atoms with Gasteiger partial charge in [0.1, 0.15) is 0 Å². The second-order valence-corrected chi connectivity index (χ2v) is 4.06. The van der Waals surface area contributed by atoms with E-state index < -0.39 is 11.9 Å². The van der Waals surface area contributed by atoms with E-state index in [4.69, 9.17) is 10.2 Å². The Morgan fingerprint density at radius 2 is 2.00 bits per heavy atom. The normalized spacial score (nSPS) is 19.2. The predicted molar refractivity (Wildman–Crippen MR) is 60.3 cm³/mol. The fourth-order valence-corrected chi connectivity index (χ4v) is 2.13. The van der Waals surface area contributed by atoms with Crippen molar-refractivity contribution < 1.29 is 19.8 Å². The minimum absolute atomic E-state index is 0.00384. The third-order valence-electron chi connectivity index (χ3n) is 2.97. The zero-order valence-corrected chi connectivity index (χ0v) is 9.14. The van der Waals surface area contributed by atoms with Crippen LogP contribution in [0.3, 0.4) is 0 Å². The highest BCUT2D eigenvalue weighted by atomic mass is 16.4. The molecule has 1 saturated heterocycles. The van der Waals surface area contributed by atoms with Crippen LogP contribution in [0.25, 0.3) is 0 Å². The Labute approximate surface area is 98.1 Å². The fourth-order valence-electron chi connectivity index (χ4n) is 2.13. The second-order valence-electron chi connectivity index (χ2n) is 4.06. The number of hydrogen-bond acceptors (Lipinski definition) is 3. The summed E-state index contributed by atoms with van der Waals surface area (Å²) in [7, 11) is 0. The first-order valence-electron chi connectivity index (χ1n) is 5.43. The Balaban J connectivity index is 2.44. The van der Waals surface area contributed by atoms with Crippen molar-refractivity contribution >= 4 is 11.9 Å². The molecule has 0 aliphatic carbocycles. The molecule has 0 spiro atoms. The smallest absolute Gasteiger partial charge is 0.336 e. The van der Waals surface area contributed by atoms with Crippen LogP contribution in [-0.4, -0.2) is 28.7 Å². The molecule has 0 saturated carbocycles. The maximum atomic E-state index is 11.1. The van der Waals surface area contributed by atoms with E-state index in [0.29, 0.717) is 5.56 Å². The van der Waals surface area contributed by atoms with Crippen molar-refractivity contribution in [2.75, 3.05) is 6.54 Å². The van der Waals surface area contributed by atoms with Crippen LogP contribution in [0.5, 0.6) is 0 Å². The van der Waals surface area contributed by atoms with Crippen molar-refractivity contribution in [2.24, 2.45) is 0 Å². The average Bonchev–Trinajstić information content (AvgIpc) is 2.81. The van der Waals surface area contributed by atoms with Crippen LogP contribution in [0.15, 0.2) is 18.2 Å². The summed E-state index contributed by atoms with van der Waals surface area (Å²) in [5.41, 5.74) is 0.744. The minimum Gasteiger partial charge on any atom is -0.478 e. The number of nitrogens with one attached hydrogen (secondary N) is 1. The molecular weight excluding hydrogens is 222 g/mol. The van der Waals surface area contributed by atoms with E-state index in [0.717, 1.165) is 19.4 Å². The first-order valence-corrected chi connectivity index (χ1v) is 5.43. The zero-order chi connectivity index (χ0) is 12.4. The van der Waals surface area contributed by atoms with E-state index in [1.54, 1.807) is 6.07 Å². The predicted octanol–water partition coefficient (Wildman–Crippen LogP) is 1.51. The molecule has 0 unspecified atom stereocenters. The maximum Gasteiger partial charge on any atom is 0.336 e. The van der Waals surface area contributed by atoms with Gasteiger partial charge in [-0.1, -0.05) is 6.07 Å². The second kappa shape index (κ2) is 4.55. The van der Waals surface area contributed by atoms with Crippen LogP contribution in [0.2, 0.25) is 0 Å². The lowest BCUT2D eigenvalue weighted by Gasteiger charge is -2.14. The van der Waals surface area contributed by atoms with Crippen LogP contribution in [0, 0.1) is 0 Å². The zero-order valence-electron chi connectivity index (χ0n) is 9.14. The van der Waals surface area contributed by atoms with Gasteiger partial charge in [0.2, 0.25) is 0 Å². The van der Waals surface area contributed by atoms with Crippen LogP contribution >= 0.6 is 0 Å². The fraction of sp³-hybridized carbons (Fsp3) is 0.333. The Morgan fingerprint density at radius 3 is 2.53 bits per heavy atom. The summed E-state index contributed by atoms with van der Waals surface area (Å²) in [4.78, 5) is 21.9. The highest BCUT2D eigenvalue weighted by Gasteiger charge is 2.22. The molecule has 1 heterocycles. The van der Waals surface area contributed by atoms with Gasteiger partial charge < -0.3 is 15.5 Å². The molecule has 5 heteroatoms. The molecule has 1 aliphatic heterocycles. The van der Waals surface area contributed by atoms with Gasteiger partial charge >= 0.3 is 11.9 Å². The standard InChI is InChI=1S/C12H13NO4/c14-11(15)7-3-4-8(9(6-7)12(16)17)10-2-1-5-13-10/h3-4,6,10,13H,1-2,5H2,(H,14,15)(H,16,17)/t10-/m1/s1. The molecule has 1 aliphatic rings. The van der Waals surface area contributed by atoms with Crippen molar-refractivity contribution in [1.82, 2.24) is 5.32 Å². The van der Waals surface area contributed by atoms with Crippen molar-refractivity contribution in [3.8, 4) is 0 Å². The first-order chi connectivity index (χ1) is 8.09. The SMILES string of the molecule is O=C(O)c1ccc([C@H]2CCCN2)c(C(=O)O)c1. The molecule has 0 bridgehead atoms. The minimum atomic E-state index is -1.11. The highest BCUT2D eigenvalue weighted by molar-refractivity contribution is 5.95. The van der Waals surface area contributed by atoms with Gasteiger partial charge in [-0.2, -0.15) is 0 Å². The third-order valence-corrected chi connectivity index (χ3v) is 2.97. The lowest BCUT2D eigenvalue weighted by Crippen LogP contribution is -2.17. The summed E-state index contributed by atoms with van der Waals surface area (Å²) in [6, 6.07) is 4.28. The largest absolute Gasteiger partial charge is 0.478 e. The van der Waals surface area contributed by atoms with Gasteiger partial charge in [0.25, 0.3) is 0 Å². The third kappa shape index (κ3) is 2.29. The summed E-state index contributed by atoms with van der Waals surface area (Å²) < 4.78 is 0. The average molecular weight is 235 g/mol. The first kappa shape index (κ1) is 11.6. The summed E-state index contributed by atoms with van der Waals surface area (Å²) in [5.74, 6) is -2.20. The molecule has 17 heavy (non-hydrogen) atoms. The molecule has 3 N–H and O–H groups in total. The quantitative estimate of drug-likeness (QED) is 0.739. The number of rotatable bonds is 3. The number of benzene rings is 1. The van der Waals surface area contributed by atoms with Gasteiger partial charge in [0.15, 0.2) is 0 Å². The van der Waals surface area contributed by atoms with Crippen molar-refractivity contribution in [1.29, 1.82) is 0 Å². The molecule has 1 aromatic carbocycles. The molecule has 0 aromatic heterocycles. The van der Waals surface area contributed by atoms with Crippen molar-refractivity contribution in [3.63, 3.8) is 0 Å². The van der Waals surface area contributed by atoms with E-state index in [9.17, 15) is 9.59 Å². The van der Waals surface area contributed by atoms with E-state index in [2.05, 4.69) is 5.32 Å². The van der Waals surface area contributed by atoms with E-state index >= 15 is 0 Å². The number of carboxylic acids is 2. The molecule has 2 rings (SSSR count). The van der Waals surface area contributed by atoms with E-state index in [1.807, 2.05) is 0 Å². The Kier molecular flexibility index (Phi) is 3.10. The van der Waals surface area contributed by atoms with Gasteiger partial charge in [-0.3, -0.25) is 0 Å². The van der Waals surface area contributed by atoms with Crippen LogP contribution in [0.4, 0.5) is 0 Å². The summed E-state index contributed by atoms with van der Waals surface area (Å²) in [5, 5.41) is 21.2. The molecular formula is C12H13NO4. The summed E-state index contributed by atoms with van der Waals surface area (Å²) in [6.07, 6.45) is 1.89. The lowest BCUT2D eigenvalue weighted by atomic mass is 9.97. The summed E-state index contributed by atoms with van der Waals surface area (Å²) in [6.45, 7) is 0.865. The van der Waals surface area contributed by atoms with E-state index in [-0.39, 0.29) is 17.2 Å². The number of aromatic carboxylic acids is 2. The van der Waals surface area contributed by atoms with Gasteiger partial charge in [0.05, 0.1) is 11.1 Å². The van der Waals surface area contributed by atoms with Crippen LogP contribution in [-0.2, 0) is 0 Å². The van der Waals surface area contributed by atoms with Gasteiger partial charge in [-0.05, 0) is 37.1 Å². The van der Waals surface area contributed by atoms with Crippen LogP contribution < -0.4 is 5.32 Å². The highest BCUT2D eigenvalue weighted by Crippen LogP contribution is 2.26. The van der Waals surface area contributed by atoms with Gasteiger partial charge in [-0.15, -0.1) is 0 Å². The molecule has 0 radical (unpaired) electrons. The van der Waals surface area contributed by atoms with Gasteiger partial charge in [-0.25, -0.2) is 9.59 Å². The van der Waals surface area contributed by atoms with Gasteiger partial charge in [0, 0.05) is 6.04 Å². The van der Waals surface area contributed by atoms with Crippen molar-refractivity contribution in [3.05, 3.63) is 34.9 Å². The molecule has 90 valence electrons. The molecule has 1 atom stereocenters. The number of hydrogen-bond donors (Lipinski definition) is 3. The molecule has 0 amide bonds. The topological polar surface area (TPSA) is 86.6 Å². The molecule has 1 fully saturated rings. The Bertz CT molecular complexity index is 464. The van der Waals surface area contributed by atoms with Crippen LogP contribution in [0.1, 0.15) is 45.2 Å². The Hall–Kier alpha value is -1.88. The molecule has 5 nitrogen and oxygen atoms in total. The van der Waals surface area contributed by atoms with E-state index in [1.165, 1.54) is 12.1 Å². The summed E-state index contributed by atoms with van der Waals surface area (Å²) >= 11 is 0. The lowest BCUT2D eigenvalue weighted by molar-refractivity contribution is 0.0694. The number of carbonyl (C=O) groups is 2. The Morgan fingerprint density at radius 1 is 1.24 bits per heavy atom.